The highest BCUT2D eigenvalue weighted by molar-refractivity contribution is 5.48. The van der Waals surface area contributed by atoms with E-state index in [4.69, 9.17) is 4.74 Å². The Morgan fingerprint density at radius 2 is 1.16 bits per heavy atom. The van der Waals surface area contributed by atoms with E-state index < -0.39 is 0 Å². The zero-order valence-electron chi connectivity index (χ0n) is 21.1. The fourth-order valence-corrected chi connectivity index (χ4v) is 3.85. The number of halogens is 2. The van der Waals surface area contributed by atoms with Gasteiger partial charge in [-0.3, -0.25) is 0 Å². The second-order valence-electron chi connectivity index (χ2n) is 8.52. The fourth-order valence-electron chi connectivity index (χ4n) is 3.85. The standard InChI is InChI=1S/C18H17FN2O.C11H11FN2O/c1-13-18(19)14(2)21(20-13)16-10-6-7-11-17(16)22-12-15-8-4-3-5-9-15;1-7-11(12)8(2)14(13-7)9-5-3-4-6-10(9)15/h3-11H,12H2,1-2H3;3-6,15H,1-2H3. The van der Waals surface area contributed by atoms with Gasteiger partial charge in [0.2, 0.25) is 0 Å². The molecule has 0 saturated heterocycles. The summed E-state index contributed by atoms with van der Waals surface area (Å²) in [5.41, 5.74) is 3.90. The number of phenolic OH excluding ortho intramolecular Hbond substituents is 1. The number of para-hydroxylation sites is 4. The molecule has 3 aromatic carbocycles. The number of rotatable bonds is 5. The molecule has 2 aromatic heterocycles. The van der Waals surface area contributed by atoms with Crippen LogP contribution in [0.4, 0.5) is 8.78 Å². The summed E-state index contributed by atoms with van der Waals surface area (Å²) in [6, 6.07) is 24.2. The minimum absolute atomic E-state index is 0.0862. The van der Waals surface area contributed by atoms with Crippen molar-refractivity contribution in [3.8, 4) is 22.9 Å². The molecule has 0 saturated carbocycles. The summed E-state index contributed by atoms with van der Waals surface area (Å²) >= 11 is 0. The number of nitrogens with zero attached hydrogens (tertiary/aromatic N) is 4. The van der Waals surface area contributed by atoms with Crippen LogP contribution < -0.4 is 4.74 Å². The van der Waals surface area contributed by atoms with Crippen LogP contribution >= 0.6 is 0 Å². The van der Waals surface area contributed by atoms with Gasteiger partial charge in [-0.2, -0.15) is 10.2 Å². The van der Waals surface area contributed by atoms with Crippen molar-refractivity contribution in [1.82, 2.24) is 19.6 Å². The molecule has 0 bridgehead atoms. The molecule has 1 N–H and O–H groups in total. The summed E-state index contributed by atoms with van der Waals surface area (Å²) in [4.78, 5) is 0. The van der Waals surface area contributed by atoms with Gasteiger partial charge in [-0.1, -0.05) is 54.6 Å². The first-order valence-corrected chi connectivity index (χ1v) is 11.8. The van der Waals surface area contributed by atoms with Crippen LogP contribution in [-0.2, 0) is 6.61 Å². The van der Waals surface area contributed by atoms with E-state index in [1.165, 1.54) is 4.68 Å². The van der Waals surface area contributed by atoms with Crippen LogP contribution in [0.5, 0.6) is 11.5 Å². The number of phenols is 1. The van der Waals surface area contributed by atoms with Gasteiger partial charge in [0.05, 0.1) is 22.8 Å². The molecule has 5 rings (SSSR count). The quantitative estimate of drug-likeness (QED) is 0.296. The van der Waals surface area contributed by atoms with Gasteiger partial charge >= 0.3 is 0 Å². The lowest BCUT2D eigenvalue weighted by molar-refractivity contribution is 0.304. The highest BCUT2D eigenvalue weighted by Crippen LogP contribution is 2.26. The van der Waals surface area contributed by atoms with Gasteiger partial charge in [0.15, 0.2) is 11.6 Å². The van der Waals surface area contributed by atoms with Gasteiger partial charge < -0.3 is 9.84 Å². The molecule has 2 heterocycles. The molecule has 5 aromatic rings. The first-order valence-electron chi connectivity index (χ1n) is 11.8. The third-order valence-electron chi connectivity index (χ3n) is 5.85. The Morgan fingerprint density at radius 3 is 1.70 bits per heavy atom. The highest BCUT2D eigenvalue weighted by Gasteiger charge is 2.16. The van der Waals surface area contributed by atoms with Gasteiger partial charge in [0, 0.05) is 0 Å². The maximum atomic E-state index is 13.9. The minimum Gasteiger partial charge on any atom is -0.506 e. The third kappa shape index (κ3) is 5.53. The predicted octanol–water partition coefficient (Wildman–Crippen LogP) is 6.54. The average molecular weight is 503 g/mol. The number of hydrogen-bond acceptors (Lipinski definition) is 4. The van der Waals surface area contributed by atoms with Crippen molar-refractivity contribution in [2.45, 2.75) is 34.3 Å². The zero-order valence-corrected chi connectivity index (χ0v) is 21.1. The third-order valence-corrected chi connectivity index (χ3v) is 5.85. The van der Waals surface area contributed by atoms with E-state index in [0.29, 0.717) is 40.8 Å². The Balaban J connectivity index is 0.000000186. The molecule has 0 aliphatic rings. The van der Waals surface area contributed by atoms with Crippen molar-refractivity contribution < 1.29 is 18.6 Å². The normalized spacial score (nSPS) is 10.6. The fraction of sp³-hybridized carbons (Fsp3) is 0.172. The summed E-state index contributed by atoms with van der Waals surface area (Å²) < 4.78 is 36.2. The molecule has 0 aliphatic carbocycles. The Labute approximate surface area is 214 Å². The Bertz CT molecular complexity index is 1510. The van der Waals surface area contributed by atoms with Crippen LogP contribution in [0.15, 0.2) is 78.9 Å². The molecular formula is C29H28F2N4O2. The number of aromatic hydroxyl groups is 1. The summed E-state index contributed by atoms with van der Waals surface area (Å²) in [6.07, 6.45) is 0. The van der Waals surface area contributed by atoms with Crippen molar-refractivity contribution >= 4 is 0 Å². The Kier molecular flexibility index (Phi) is 7.67. The van der Waals surface area contributed by atoms with Crippen LogP contribution in [0.1, 0.15) is 28.3 Å². The Morgan fingerprint density at radius 1 is 0.676 bits per heavy atom. The molecule has 8 heteroatoms. The van der Waals surface area contributed by atoms with Crippen molar-refractivity contribution in [3.63, 3.8) is 0 Å². The van der Waals surface area contributed by atoms with Gasteiger partial charge in [-0.25, -0.2) is 18.1 Å². The number of aromatic nitrogens is 4. The van der Waals surface area contributed by atoms with Crippen LogP contribution in [-0.4, -0.2) is 24.7 Å². The molecule has 0 unspecified atom stereocenters. The van der Waals surface area contributed by atoms with Crippen molar-refractivity contribution in [2.24, 2.45) is 0 Å². The molecule has 6 nitrogen and oxygen atoms in total. The van der Waals surface area contributed by atoms with Crippen LogP contribution in [0.3, 0.4) is 0 Å². The van der Waals surface area contributed by atoms with E-state index in [1.807, 2.05) is 54.6 Å². The molecular weight excluding hydrogens is 474 g/mol. The van der Waals surface area contributed by atoms with E-state index in [9.17, 15) is 13.9 Å². The second-order valence-corrected chi connectivity index (χ2v) is 8.52. The van der Waals surface area contributed by atoms with Crippen molar-refractivity contribution in [2.75, 3.05) is 0 Å². The molecule has 0 aliphatic heterocycles. The minimum atomic E-state index is -0.335. The summed E-state index contributed by atoms with van der Waals surface area (Å²) in [6.45, 7) is 7.05. The zero-order chi connectivity index (χ0) is 26.5. The summed E-state index contributed by atoms with van der Waals surface area (Å²) in [5, 5.41) is 17.9. The lowest BCUT2D eigenvalue weighted by Gasteiger charge is -2.12. The molecule has 37 heavy (non-hydrogen) atoms. The maximum absolute atomic E-state index is 13.9. The largest absolute Gasteiger partial charge is 0.506 e. The lowest BCUT2D eigenvalue weighted by Crippen LogP contribution is -2.04. The van der Waals surface area contributed by atoms with Gasteiger partial charge in [-0.05, 0) is 57.5 Å². The number of hydrogen-bond donors (Lipinski definition) is 1. The number of benzene rings is 3. The molecule has 190 valence electrons. The second kappa shape index (κ2) is 11.1. The van der Waals surface area contributed by atoms with E-state index in [-0.39, 0.29) is 17.4 Å². The van der Waals surface area contributed by atoms with Gasteiger partial charge in [0.25, 0.3) is 0 Å². The van der Waals surface area contributed by atoms with Crippen LogP contribution in [0.2, 0.25) is 0 Å². The van der Waals surface area contributed by atoms with Crippen molar-refractivity contribution in [1.29, 1.82) is 0 Å². The number of aryl methyl sites for hydroxylation is 2. The van der Waals surface area contributed by atoms with E-state index in [1.54, 1.807) is 56.6 Å². The highest BCUT2D eigenvalue weighted by atomic mass is 19.1. The van der Waals surface area contributed by atoms with E-state index in [0.717, 1.165) is 11.3 Å². The maximum Gasteiger partial charge on any atom is 0.167 e. The van der Waals surface area contributed by atoms with Gasteiger partial charge in [0.1, 0.15) is 29.5 Å². The molecule has 0 fully saturated rings. The Hall–Kier alpha value is -4.46. The van der Waals surface area contributed by atoms with E-state index in [2.05, 4.69) is 10.2 Å². The molecule has 0 atom stereocenters. The topological polar surface area (TPSA) is 65.1 Å². The SMILES string of the molecule is Cc1nn(-c2ccccc2O)c(C)c1F.Cc1nn(-c2ccccc2OCc2ccccc2)c(C)c1F. The lowest BCUT2D eigenvalue weighted by atomic mass is 10.2. The average Bonchev–Trinajstić information content (AvgIpc) is 3.32. The smallest absolute Gasteiger partial charge is 0.167 e. The predicted molar refractivity (Wildman–Crippen MR) is 138 cm³/mol. The monoisotopic (exact) mass is 502 g/mol. The molecule has 0 amide bonds. The van der Waals surface area contributed by atoms with Gasteiger partial charge in [-0.15, -0.1) is 0 Å². The molecule has 0 radical (unpaired) electrons. The first kappa shape index (κ1) is 25.6. The number of ether oxygens (including phenoxy) is 1. The summed E-state index contributed by atoms with van der Waals surface area (Å²) in [5.74, 6) is 0.149. The van der Waals surface area contributed by atoms with Crippen molar-refractivity contribution in [3.05, 3.63) is 119 Å². The molecule has 0 spiro atoms. The van der Waals surface area contributed by atoms with E-state index >= 15 is 0 Å². The first-order chi connectivity index (χ1) is 17.8. The van der Waals surface area contributed by atoms with Crippen LogP contribution in [0, 0.1) is 39.3 Å². The summed E-state index contributed by atoms with van der Waals surface area (Å²) in [7, 11) is 0. The van der Waals surface area contributed by atoms with Crippen LogP contribution in [0.25, 0.3) is 11.4 Å².